The lowest BCUT2D eigenvalue weighted by molar-refractivity contribution is -0.143. The average molecular weight is 385 g/mol. The Hall–Kier alpha value is -1.70. The molecule has 0 unspecified atom stereocenters. The topological polar surface area (TPSA) is 9.23 Å². The van der Waals surface area contributed by atoms with Gasteiger partial charge in [-0.3, -0.25) is 0 Å². The van der Waals surface area contributed by atoms with Gasteiger partial charge >= 0.3 is 12.4 Å². The summed E-state index contributed by atoms with van der Waals surface area (Å²) in [5.41, 5.74) is -2.85. The Bertz CT molecular complexity index is 646. The molecule has 1 nitrogen and oxygen atoms in total. The van der Waals surface area contributed by atoms with Crippen LogP contribution >= 0.6 is 15.9 Å². The fraction of sp³-hybridized carbons (Fsp3) is 0.143. The van der Waals surface area contributed by atoms with Crippen LogP contribution in [0.4, 0.5) is 26.3 Å². The number of alkyl halides is 6. The van der Waals surface area contributed by atoms with E-state index < -0.39 is 29.2 Å². The Morgan fingerprint density at radius 1 is 0.727 bits per heavy atom. The monoisotopic (exact) mass is 384 g/mol. The van der Waals surface area contributed by atoms with E-state index in [4.69, 9.17) is 4.74 Å². The van der Waals surface area contributed by atoms with E-state index in [-0.39, 0.29) is 11.8 Å². The van der Waals surface area contributed by atoms with Crippen LogP contribution in [0.15, 0.2) is 46.9 Å². The van der Waals surface area contributed by atoms with Crippen molar-refractivity contribution in [1.29, 1.82) is 0 Å². The van der Waals surface area contributed by atoms with Gasteiger partial charge in [-0.2, -0.15) is 26.3 Å². The maximum Gasteiger partial charge on any atom is 0.416 e. The van der Waals surface area contributed by atoms with Crippen molar-refractivity contribution < 1.29 is 31.1 Å². The van der Waals surface area contributed by atoms with Gasteiger partial charge in [0.1, 0.15) is 11.5 Å². The van der Waals surface area contributed by atoms with Crippen LogP contribution in [0, 0.1) is 0 Å². The van der Waals surface area contributed by atoms with Crippen molar-refractivity contribution in [2.75, 3.05) is 0 Å². The van der Waals surface area contributed by atoms with Crippen LogP contribution in [-0.4, -0.2) is 0 Å². The summed E-state index contributed by atoms with van der Waals surface area (Å²) in [5.74, 6) is -0.429. The van der Waals surface area contributed by atoms with Gasteiger partial charge in [0, 0.05) is 4.47 Å². The summed E-state index contributed by atoms with van der Waals surface area (Å²) in [4.78, 5) is 0. The van der Waals surface area contributed by atoms with Crippen LogP contribution in [-0.2, 0) is 12.4 Å². The third-order valence-electron chi connectivity index (χ3n) is 2.59. The molecule has 0 aromatic heterocycles. The van der Waals surface area contributed by atoms with Gasteiger partial charge in [0.05, 0.1) is 11.1 Å². The molecule has 2 aromatic carbocycles. The van der Waals surface area contributed by atoms with E-state index in [0.717, 1.165) is 0 Å². The zero-order chi connectivity index (χ0) is 16.5. The fourth-order valence-corrected chi connectivity index (χ4v) is 2.03. The highest BCUT2D eigenvalue weighted by molar-refractivity contribution is 9.10. The number of rotatable bonds is 2. The molecule has 2 aromatic rings. The largest absolute Gasteiger partial charge is 0.457 e. The molecule has 0 atom stereocenters. The molecule has 118 valence electrons. The number of halogens is 7. The van der Waals surface area contributed by atoms with Crippen molar-refractivity contribution in [2.24, 2.45) is 0 Å². The minimum Gasteiger partial charge on any atom is -0.457 e. The maximum atomic E-state index is 12.7. The minimum atomic E-state index is -4.91. The van der Waals surface area contributed by atoms with Crippen molar-refractivity contribution in [3.8, 4) is 11.5 Å². The maximum absolute atomic E-state index is 12.7. The Morgan fingerprint density at radius 2 is 1.27 bits per heavy atom. The molecule has 0 saturated heterocycles. The smallest absolute Gasteiger partial charge is 0.416 e. The predicted molar refractivity (Wildman–Crippen MR) is 70.7 cm³/mol. The quantitative estimate of drug-likeness (QED) is 0.553. The first kappa shape index (κ1) is 16.7. The van der Waals surface area contributed by atoms with Gasteiger partial charge in [-0.25, -0.2) is 0 Å². The van der Waals surface area contributed by atoms with E-state index >= 15 is 0 Å². The van der Waals surface area contributed by atoms with Gasteiger partial charge < -0.3 is 4.74 Å². The molecule has 0 aliphatic heterocycles. The summed E-state index contributed by atoms with van der Waals surface area (Å²) in [5, 5.41) is 0. The summed E-state index contributed by atoms with van der Waals surface area (Å²) in [6, 6.07) is 7.11. The molecule has 0 bridgehead atoms. The second-order valence-corrected chi connectivity index (χ2v) is 5.22. The zero-order valence-corrected chi connectivity index (χ0v) is 12.2. The molecule has 0 saturated carbocycles. The van der Waals surface area contributed by atoms with Crippen molar-refractivity contribution in [3.63, 3.8) is 0 Å². The van der Waals surface area contributed by atoms with E-state index in [1.54, 1.807) is 6.07 Å². The molecule has 0 heterocycles. The van der Waals surface area contributed by atoms with E-state index in [1.807, 2.05) is 0 Å². The predicted octanol–water partition coefficient (Wildman–Crippen LogP) is 6.28. The first-order valence-corrected chi connectivity index (χ1v) is 6.58. The molecule has 0 amide bonds. The molecule has 22 heavy (non-hydrogen) atoms. The second-order valence-electron chi connectivity index (χ2n) is 4.30. The standard InChI is InChI=1S/C14H7BrF6O/c15-10-2-1-3-11(7-10)22-12-5-8(13(16,17)18)4-9(6-12)14(19,20)21/h1-7H. The van der Waals surface area contributed by atoms with Crippen LogP contribution < -0.4 is 4.74 Å². The summed E-state index contributed by atoms with van der Waals surface area (Å²) < 4.78 is 81.9. The highest BCUT2D eigenvalue weighted by Gasteiger charge is 2.37. The lowest BCUT2D eigenvalue weighted by Crippen LogP contribution is -2.11. The Labute approximate surface area is 129 Å². The SMILES string of the molecule is FC(F)(F)c1cc(Oc2cccc(Br)c2)cc(C(F)(F)F)c1. The van der Waals surface area contributed by atoms with E-state index in [0.29, 0.717) is 16.6 Å². The molecule has 0 fully saturated rings. The third kappa shape index (κ3) is 4.16. The fourth-order valence-electron chi connectivity index (χ4n) is 1.65. The Morgan fingerprint density at radius 3 is 1.73 bits per heavy atom. The van der Waals surface area contributed by atoms with E-state index in [2.05, 4.69) is 15.9 Å². The van der Waals surface area contributed by atoms with Crippen LogP contribution in [0.25, 0.3) is 0 Å². The second kappa shape index (κ2) is 5.83. The lowest BCUT2D eigenvalue weighted by atomic mass is 10.1. The summed E-state index contributed by atoms with van der Waals surface area (Å²) in [6.45, 7) is 0. The molecule has 0 aliphatic rings. The minimum absolute atomic E-state index is 0.0494. The molecule has 0 radical (unpaired) electrons. The lowest BCUT2D eigenvalue weighted by Gasteiger charge is -2.14. The van der Waals surface area contributed by atoms with Crippen molar-refractivity contribution in [1.82, 2.24) is 0 Å². The highest BCUT2D eigenvalue weighted by Crippen LogP contribution is 2.39. The zero-order valence-electron chi connectivity index (χ0n) is 10.6. The van der Waals surface area contributed by atoms with Gasteiger partial charge in [0.2, 0.25) is 0 Å². The molecule has 0 aliphatic carbocycles. The van der Waals surface area contributed by atoms with Gasteiger partial charge in [0.15, 0.2) is 0 Å². The van der Waals surface area contributed by atoms with Crippen molar-refractivity contribution >= 4 is 15.9 Å². The van der Waals surface area contributed by atoms with Gasteiger partial charge in [-0.15, -0.1) is 0 Å². The molecule has 2 rings (SSSR count). The number of hydrogen-bond donors (Lipinski definition) is 0. The van der Waals surface area contributed by atoms with Gasteiger partial charge in [-0.05, 0) is 36.4 Å². The van der Waals surface area contributed by atoms with Gasteiger partial charge in [-0.1, -0.05) is 22.0 Å². The molecule has 0 spiro atoms. The summed E-state index contributed by atoms with van der Waals surface area (Å²) in [7, 11) is 0. The van der Waals surface area contributed by atoms with Crippen LogP contribution in [0.3, 0.4) is 0 Å². The number of ether oxygens (including phenoxy) is 1. The molecular formula is C14H7BrF6O. The molecular weight excluding hydrogens is 378 g/mol. The summed E-state index contributed by atoms with van der Waals surface area (Å²) >= 11 is 3.13. The first-order valence-electron chi connectivity index (χ1n) is 5.78. The normalized spacial score (nSPS) is 12.3. The van der Waals surface area contributed by atoms with Crippen LogP contribution in [0.1, 0.15) is 11.1 Å². The van der Waals surface area contributed by atoms with E-state index in [1.165, 1.54) is 18.2 Å². The highest BCUT2D eigenvalue weighted by atomic mass is 79.9. The van der Waals surface area contributed by atoms with E-state index in [9.17, 15) is 26.3 Å². The van der Waals surface area contributed by atoms with Crippen molar-refractivity contribution in [3.05, 3.63) is 58.1 Å². The van der Waals surface area contributed by atoms with Gasteiger partial charge in [0.25, 0.3) is 0 Å². The van der Waals surface area contributed by atoms with Crippen LogP contribution in [0.2, 0.25) is 0 Å². The van der Waals surface area contributed by atoms with Crippen molar-refractivity contribution in [2.45, 2.75) is 12.4 Å². The van der Waals surface area contributed by atoms with Crippen LogP contribution in [0.5, 0.6) is 11.5 Å². The molecule has 0 N–H and O–H groups in total. The Kier molecular flexibility index (Phi) is 4.42. The third-order valence-corrected chi connectivity index (χ3v) is 3.09. The average Bonchev–Trinajstić information content (AvgIpc) is 2.36. The first-order chi connectivity index (χ1) is 10.1. The Balaban J connectivity index is 2.46. The number of benzene rings is 2. The number of hydrogen-bond acceptors (Lipinski definition) is 1. The molecule has 8 heteroatoms. The summed E-state index contributed by atoms with van der Waals surface area (Å²) in [6.07, 6.45) is -9.81.